The summed E-state index contributed by atoms with van der Waals surface area (Å²) in [6, 6.07) is 0.0435. The third kappa shape index (κ3) is 8.38. The number of thiazole rings is 1. The normalized spacial score (nSPS) is 16.3. The van der Waals surface area contributed by atoms with Crippen LogP contribution in [0, 0.1) is 0 Å². The third-order valence-corrected chi connectivity index (χ3v) is 6.05. The van der Waals surface area contributed by atoms with Gasteiger partial charge in [0.1, 0.15) is 9.84 Å². The first-order valence-corrected chi connectivity index (χ1v) is 11.7. The molecule has 2 rings (SSSR count). The van der Waals surface area contributed by atoms with Crippen molar-refractivity contribution in [2.45, 2.75) is 38.6 Å². The zero-order chi connectivity index (χ0) is 18.3. The van der Waals surface area contributed by atoms with Gasteiger partial charge in [0.05, 0.1) is 11.4 Å². The zero-order valence-corrected chi connectivity index (χ0v) is 19.7. The van der Waals surface area contributed by atoms with Gasteiger partial charge in [0, 0.05) is 50.8 Å². The average molecular weight is 515 g/mol. The molecule has 1 unspecified atom stereocenters. The van der Waals surface area contributed by atoms with Gasteiger partial charge in [-0.3, -0.25) is 4.99 Å². The van der Waals surface area contributed by atoms with Crippen molar-refractivity contribution in [3.8, 4) is 0 Å². The molecule has 0 saturated carbocycles. The van der Waals surface area contributed by atoms with Gasteiger partial charge in [-0.25, -0.2) is 13.4 Å². The van der Waals surface area contributed by atoms with Crippen LogP contribution >= 0.6 is 35.3 Å². The van der Waals surface area contributed by atoms with E-state index in [2.05, 4.69) is 25.9 Å². The second-order valence-electron chi connectivity index (χ2n) is 6.53. The van der Waals surface area contributed by atoms with Crippen molar-refractivity contribution in [2.75, 3.05) is 43.6 Å². The van der Waals surface area contributed by atoms with Gasteiger partial charge in [0.2, 0.25) is 0 Å². The molecule has 2 heterocycles. The lowest BCUT2D eigenvalue weighted by atomic mass is 10.3. The van der Waals surface area contributed by atoms with E-state index in [0.717, 1.165) is 36.9 Å². The summed E-state index contributed by atoms with van der Waals surface area (Å²) in [5.74, 6) is 0.868. The second kappa shape index (κ2) is 11.3. The molecule has 0 aliphatic carbocycles. The number of aromatic nitrogens is 1. The van der Waals surface area contributed by atoms with E-state index in [1.807, 2.05) is 6.92 Å². The molecular weight excluding hydrogens is 485 g/mol. The molecule has 2 N–H and O–H groups in total. The summed E-state index contributed by atoms with van der Waals surface area (Å²) in [6.07, 6.45) is 5.18. The van der Waals surface area contributed by atoms with Crippen molar-refractivity contribution in [2.24, 2.45) is 4.99 Å². The molecule has 0 bridgehead atoms. The summed E-state index contributed by atoms with van der Waals surface area (Å²) >= 11 is 1.72. The summed E-state index contributed by atoms with van der Waals surface area (Å²) < 4.78 is 22.5. The molecule has 0 spiro atoms. The van der Waals surface area contributed by atoms with Crippen LogP contribution in [0.4, 0.5) is 5.13 Å². The Morgan fingerprint density at radius 3 is 2.73 bits per heavy atom. The number of nitrogens with one attached hydrogen (secondary N) is 2. The highest BCUT2D eigenvalue weighted by Gasteiger charge is 2.15. The molecule has 26 heavy (non-hydrogen) atoms. The van der Waals surface area contributed by atoms with Crippen molar-refractivity contribution in [3.05, 3.63) is 11.1 Å². The topological polar surface area (TPSA) is 86.7 Å². The Morgan fingerprint density at radius 2 is 2.12 bits per heavy atom. The smallest absolute Gasteiger partial charge is 0.191 e. The standard InChI is InChI=1S/C16H29N5O2S2.HI/c1-13(7-11-25(3,22)23)19-15(17-2)18-8-6-14-12-24-16(20-14)21-9-4-5-10-21;/h12-13H,4-11H2,1-3H3,(H2,17,18,19);1H. The molecule has 1 atom stereocenters. The fourth-order valence-corrected chi connectivity index (χ4v) is 4.36. The van der Waals surface area contributed by atoms with Gasteiger partial charge in [0.25, 0.3) is 0 Å². The molecule has 10 heteroatoms. The van der Waals surface area contributed by atoms with Crippen molar-refractivity contribution >= 4 is 56.2 Å². The number of hydrogen-bond donors (Lipinski definition) is 2. The summed E-state index contributed by atoms with van der Waals surface area (Å²) in [5, 5.41) is 9.74. The Labute approximate surface area is 178 Å². The maximum atomic E-state index is 11.2. The minimum absolute atomic E-state index is 0. The zero-order valence-electron chi connectivity index (χ0n) is 15.7. The molecule has 150 valence electrons. The van der Waals surface area contributed by atoms with Gasteiger partial charge in [-0.05, 0) is 26.2 Å². The molecular formula is C16H30IN5O2S2. The molecule has 1 fully saturated rings. The third-order valence-electron chi connectivity index (χ3n) is 4.12. The first-order valence-electron chi connectivity index (χ1n) is 8.71. The fraction of sp³-hybridized carbons (Fsp3) is 0.750. The molecule has 7 nitrogen and oxygen atoms in total. The lowest BCUT2D eigenvalue weighted by Gasteiger charge is -2.17. The van der Waals surface area contributed by atoms with Crippen LogP contribution in [0.15, 0.2) is 10.4 Å². The van der Waals surface area contributed by atoms with Crippen LogP contribution in [-0.2, 0) is 16.3 Å². The van der Waals surface area contributed by atoms with Gasteiger partial charge in [-0.2, -0.15) is 0 Å². The number of sulfone groups is 1. The fourth-order valence-electron chi connectivity index (χ4n) is 2.66. The van der Waals surface area contributed by atoms with Crippen molar-refractivity contribution in [1.29, 1.82) is 0 Å². The summed E-state index contributed by atoms with van der Waals surface area (Å²) in [4.78, 5) is 11.3. The Morgan fingerprint density at radius 1 is 1.42 bits per heavy atom. The van der Waals surface area contributed by atoms with Gasteiger partial charge >= 0.3 is 0 Å². The van der Waals surface area contributed by atoms with E-state index in [9.17, 15) is 8.42 Å². The number of rotatable bonds is 8. The lowest BCUT2D eigenvalue weighted by Crippen LogP contribution is -2.43. The predicted octanol–water partition coefficient (Wildman–Crippen LogP) is 1.89. The summed E-state index contributed by atoms with van der Waals surface area (Å²) in [6.45, 7) is 4.93. The van der Waals surface area contributed by atoms with Crippen molar-refractivity contribution in [3.63, 3.8) is 0 Å². The number of nitrogens with zero attached hydrogens (tertiary/aromatic N) is 3. The Bertz CT molecular complexity index is 672. The molecule has 1 aliphatic rings. The van der Waals surface area contributed by atoms with Crippen LogP contribution in [0.25, 0.3) is 0 Å². The number of hydrogen-bond acceptors (Lipinski definition) is 6. The van der Waals surface area contributed by atoms with Crippen LogP contribution in [0.2, 0.25) is 0 Å². The Hall–Kier alpha value is -0.620. The van der Waals surface area contributed by atoms with Gasteiger partial charge in [-0.1, -0.05) is 0 Å². The highest BCUT2D eigenvalue weighted by atomic mass is 127. The van der Waals surface area contributed by atoms with Crippen molar-refractivity contribution < 1.29 is 8.42 Å². The number of aliphatic imine (C=N–C) groups is 1. The van der Waals surface area contributed by atoms with Crippen molar-refractivity contribution in [1.82, 2.24) is 15.6 Å². The minimum atomic E-state index is -2.93. The predicted molar refractivity (Wildman–Crippen MR) is 121 cm³/mol. The number of anilines is 1. The van der Waals surface area contributed by atoms with Crippen LogP contribution in [-0.4, -0.2) is 64.1 Å². The summed E-state index contributed by atoms with van der Waals surface area (Å²) in [5.41, 5.74) is 1.10. The van der Waals surface area contributed by atoms with E-state index in [-0.39, 0.29) is 35.8 Å². The lowest BCUT2D eigenvalue weighted by molar-refractivity contribution is 0.581. The molecule has 1 saturated heterocycles. The highest BCUT2D eigenvalue weighted by molar-refractivity contribution is 14.0. The molecule has 1 aromatic heterocycles. The Balaban J connectivity index is 0.00000338. The van der Waals surface area contributed by atoms with E-state index in [1.165, 1.54) is 19.1 Å². The number of guanidine groups is 1. The minimum Gasteiger partial charge on any atom is -0.356 e. The average Bonchev–Trinajstić information content (AvgIpc) is 3.22. The number of halogens is 1. The first kappa shape index (κ1) is 23.4. The maximum Gasteiger partial charge on any atom is 0.191 e. The quantitative estimate of drug-likeness (QED) is 0.313. The van der Waals surface area contributed by atoms with Crippen LogP contribution in [0.3, 0.4) is 0 Å². The van der Waals surface area contributed by atoms with Crippen LogP contribution < -0.4 is 15.5 Å². The van der Waals surface area contributed by atoms with Crippen LogP contribution in [0.5, 0.6) is 0 Å². The second-order valence-corrected chi connectivity index (χ2v) is 9.62. The van der Waals surface area contributed by atoms with E-state index in [1.54, 1.807) is 18.4 Å². The van der Waals surface area contributed by atoms with E-state index >= 15 is 0 Å². The largest absolute Gasteiger partial charge is 0.356 e. The first-order chi connectivity index (χ1) is 11.9. The molecule has 1 aliphatic heterocycles. The molecule has 0 amide bonds. The molecule has 0 aromatic carbocycles. The SMILES string of the molecule is CN=C(NCCc1csc(N2CCCC2)n1)NC(C)CCS(C)(=O)=O.I. The van der Waals surface area contributed by atoms with E-state index in [0.29, 0.717) is 12.4 Å². The molecule has 0 radical (unpaired) electrons. The van der Waals surface area contributed by atoms with E-state index in [4.69, 9.17) is 4.98 Å². The monoisotopic (exact) mass is 515 g/mol. The van der Waals surface area contributed by atoms with Gasteiger partial charge < -0.3 is 15.5 Å². The Kier molecular flexibility index (Phi) is 10.2. The molecule has 1 aromatic rings. The maximum absolute atomic E-state index is 11.2. The van der Waals surface area contributed by atoms with Gasteiger partial charge in [0.15, 0.2) is 11.1 Å². The highest BCUT2D eigenvalue weighted by Crippen LogP contribution is 2.24. The van der Waals surface area contributed by atoms with E-state index < -0.39 is 9.84 Å². The van der Waals surface area contributed by atoms with Crippen LogP contribution in [0.1, 0.15) is 31.9 Å². The summed E-state index contributed by atoms with van der Waals surface area (Å²) in [7, 11) is -1.22. The van der Waals surface area contributed by atoms with Gasteiger partial charge in [-0.15, -0.1) is 35.3 Å².